The summed E-state index contributed by atoms with van der Waals surface area (Å²) in [4.78, 5) is 0. The predicted molar refractivity (Wildman–Crippen MR) is 255 cm³/mol. The highest BCUT2D eigenvalue weighted by Crippen LogP contribution is 3.03. The van der Waals surface area contributed by atoms with Crippen molar-refractivity contribution in [3.05, 3.63) is 33.4 Å². The Kier molecular flexibility index (Phi) is 1.43. The summed E-state index contributed by atoms with van der Waals surface area (Å²) in [6.45, 7) is 0. The number of hydrogen-bond donors (Lipinski definition) is 3. The van der Waals surface area contributed by atoms with Crippen LogP contribution in [0, 0.1) is 0 Å². The van der Waals surface area contributed by atoms with Crippen molar-refractivity contribution in [1.82, 2.24) is 16.0 Å². The first-order valence-corrected chi connectivity index (χ1v) is 24.0. The average Bonchev–Trinajstić information content (AvgIpc) is 3.57. The topological polar surface area (TPSA) is 65.8 Å². The minimum Gasteiger partial charge on any atom is -0.290 e. The van der Waals surface area contributed by atoms with E-state index >= 15 is 0 Å². The largest absolute Gasteiger partial charge is 0.290 e. The molecule has 1 saturated carbocycles. The average molecular weight is 766 g/mol. The van der Waals surface area contributed by atoms with Crippen LogP contribution < -0.4 is 16.0 Å². The summed E-state index contributed by atoms with van der Waals surface area (Å²) in [7, 11) is 0. The zero-order valence-electron chi connectivity index (χ0n) is 31.5. The van der Waals surface area contributed by atoms with Gasteiger partial charge in [0.05, 0.1) is 33.2 Å². The van der Waals surface area contributed by atoms with Crippen LogP contribution in [0.25, 0.3) is 259 Å². The Hall–Kier alpha value is -7.14. The van der Waals surface area contributed by atoms with Gasteiger partial charge in [-0.3, -0.25) is 16.0 Å². The Balaban J connectivity index is 1.26. The minimum atomic E-state index is -0.190. The molecular formula is C60H3N3. The molecule has 0 atom stereocenters. The predicted octanol–water partition coefficient (Wildman–Crippen LogP) is 12.9. The zero-order valence-corrected chi connectivity index (χ0v) is 31.5. The SMILES string of the molecule is N1C23c4c5c6c7c8c9c%10c%11c%12c%13c%14c%15c(c%16c4c4c%17c5c5c7c7c8c8c%10c%10c%12c%12c%13c%13c%15c%15c%16c4c4c%16c%17c5c5c7c7c8c%10c8c%12c%10c%13c%15c4c4c%16c5c7c8c%104)C12C%141NC%111C91NC631. The van der Waals surface area contributed by atoms with Crippen molar-refractivity contribution in [2.75, 3.05) is 0 Å². The van der Waals surface area contributed by atoms with Crippen LogP contribution in [0.3, 0.4) is 0 Å². The van der Waals surface area contributed by atoms with E-state index in [1.54, 1.807) is 292 Å². The van der Waals surface area contributed by atoms with Crippen LogP contribution in [0.1, 0.15) is 33.4 Å². The molecule has 0 unspecified atom stereocenters. The van der Waals surface area contributed by atoms with Crippen molar-refractivity contribution in [1.29, 1.82) is 0 Å². The molecule has 0 radical (unpaired) electrons. The van der Waals surface area contributed by atoms with Crippen molar-refractivity contribution in [2.24, 2.45) is 0 Å². The van der Waals surface area contributed by atoms with Gasteiger partial charge >= 0.3 is 0 Å². The van der Waals surface area contributed by atoms with Crippen LogP contribution in [0.4, 0.5) is 0 Å². The van der Waals surface area contributed by atoms with Crippen molar-refractivity contribution in [2.45, 2.75) is 33.2 Å². The lowest BCUT2D eigenvalue weighted by atomic mass is 9.52. The summed E-state index contributed by atoms with van der Waals surface area (Å²) in [5, 5.41) is 95.6. The summed E-state index contributed by atoms with van der Waals surface area (Å²) in [5.74, 6) is 0. The van der Waals surface area contributed by atoms with Crippen LogP contribution in [0.5, 0.6) is 0 Å². The molecule has 3 N–H and O–H groups in total. The highest BCUT2D eigenvalue weighted by Gasteiger charge is 3.13. The van der Waals surface area contributed by atoms with Crippen LogP contribution in [0.15, 0.2) is 0 Å². The second kappa shape index (κ2) is 4.23. The zero-order chi connectivity index (χ0) is 36.3. The monoisotopic (exact) mass is 765 g/mol. The molecule has 3 heteroatoms. The highest BCUT2D eigenvalue weighted by atomic mass is 15.6. The molecule has 4 fully saturated rings. The van der Waals surface area contributed by atoms with E-state index in [1.807, 2.05) is 0 Å². The fourth-order valence-electron chi connectivity index (χ4n) is 26.6. The van der Waals surface area contributed by atoms with E-state index in [-0.39, 0.29) is 33.2 Å². The molecule has 7 aliphatic carbocycles. The van der Waals surface area contributed by atoms with Crippen molar-refractivity contribution in [3.63, 3.8) is 0 Å². The van der Waals surface area contributed by atoms with E-state index in [1.165, 1.54) is 0 Å². The summed E-state index contributed by atoms with van der Waals surface area (Å²) >= 11 is 0. The molecule has 63 heavy (non-hydrogen) atoms. The van der Waals surface area contributed by atoms with Gasteiger partial charge in [0.2, 0.25) is 0 Å². The molecule has 10 aliphatic rings. The van der Waals surface area contributed by atoms with E-state index in [9.17, 15) is 0 Å². The van der Waals surface area contributed by atoms with E-state index in [2.05, 4.69) is 0 Å². The van der Waals surface area contributed by atoms with Gasteiger partial charge in [0.25, 0.3) is 0 Å². The Morgan fingerprint density at radius 1 is 0.111 bits per heavy atom. The fraction of sp³-hybridized carbons (Fsp3) is 0.100. The number of benzene rings is 16. The third-order valence-electron chi connectivity index (χ3n) is 26.1. The second-order valence-corrected chi connectivity index (χ2v) is 25.1. The number of rotatable bonds is 0. The maximum Gasteiger partial charge on any atom is 0.0955 e. The maximum atomic E-state index is 4.93. The van der Waals surface area contributed by atoms with Crippen LogP contribution >= 0.6 is 0 Å². The molecule has 0 amide bonds. The van der Waals surface area contributed by atoms with Gasteiger partial charge in [-0.2, -0.15) is 0 Å². The summed E-state index contributed by atoms with van der Waals surface area (Å²) in [6, 6.07) is 0. The molecule has 3 aliphatic heterocycles. The molecule has 3 nitrogen and oxygen atoms in total. The van der Waals surface area contributed by atoms with Gasteiger partial charge in [0, 0.05) is 0 Å². The Labute approximate surface area is 339 Å². The Bertz CT molecular complexity index is 5940. The molecule has 0 aromatic heterocycles. The highest BCUT2D eigenvalue weighted by molar-refractivity contribution is 6.80. The summed E-state index contributed by atoms with van der Waals surface area (Å²) in [5.41, 5.74) is 9.38. The summed E-state index contributed by atoms with van der Waals surface area (Å²) in [6.07, 6.45) is 0. The first-order chi connectivity index (χ1) is 31.4. The smallest absolute Gasteiger partial charge is 0.0955 e. The van der Waals surface area contributed by atoms with Gasteiger partial charge in [0.15, 0.2) is 0 Å². The Morgan fingerprint density at radius 3 is 0.333 bits per heavy atom. The van der Waals surface area contributed by atoms with Crippen LogP contribution in [-0.4, -0.2) is 0 Å². The Morgan fingerprint density at radius 2 is 0.206 bits per heavy atom. The standard InChI is InChI=1S/C60H3N3/c61-55-49-40-31-22-13-7-1-2-4-6-5-3(1)9-14-10(5)20-21-12(6)15-11(4)19-18(8(2)13)27-32(22)41(40)50-47-38(27)28(19)35-24(15)36-30(21)39-29(20)34-23(14)33-26-17(9)16(7)25(31)37(26)46(49)51-42(33)43(34)52-48(39)54-45(36)44(35)53(47)59(56(50,55)61)60(54,63-59)58(52)57(51,55)62-58/h61-63H. The molecule has 0 bridgehead atoms. The fourth-order valence-corrected chi connectivity index (χ4v) is 26.6. The van der Waals surface area contributed by atoms with Gasteiger partial charge in [-0.05, 0) is 292 Å². The van der Waals surface area contributed by atoms with Crippen LogP contribution in [-0.2, 0) is 33.2 Å². The third kappa shape index (κ3) is 0.926. The molecular weight excluding hydrogens is 763 g/mol. The first kappa shape index (κ1) is 21.3. The molecule has 258 valence electrons. The number of hydrogen-bond acceptors (Lipinski definition) is 3. The molecule has 3 heterocycles. The molecule has 3 saturated heterocycles. The minimum absolute atomic E-state index is 0.190. The van der Waals surface area contributed by atoms with Crippen molar-refractivity contribution < 1.29 is 0 Å². The van der Waals surface area contributed by atoms with E-state index < -0.39 is 0 Å². The lowest BCUT2D eigenvalue weighted by Crippen LogP contribution is -2.53. The third-order valence-corrected chi connectivity index (χ3v) is 26.1. The maximum absolute atomic E-state index is 4.93. The molecule has 35 rings (SSSR count). The van der Waals surface area contributed by atoms with Crippen LogP contribution in [0.2, 0.25) is 0 Å². The van der Waals surface area contributed by atoms with Crippen molar-refractivity contribution in [3.8, 4) is 0 Å². The van der Waals surface area contributed by atoms with Gasteiger partial charge in [-0.15, -0.1) is 0 Å². The van der Waals surface area contributed by atoms with Gasteiger partial charge in [-0.1, -0.05) is 0 Å². The normalized spacial score (nSPS) is 34.9. The summed E-state index contributed by atoms with van der Waals surface area (Å²) < 4.78 is 0. The molecule has 25 aromatic rings. The van der Waals surface area contributed by atoms with E-state index in [0.29, 0.717) is 0 Å². The molecule has 6 spiro atoms. The van der Waals surface area contributed by atoms with Gasteiger partial charge in [-0.25, -0.2) is 0 Å². The van der Waals surface area contributed by atoms with Crippen molar-refractivity contribution >= 4 is 259 Å². The van der Waals surface area contributed by atoms with E-state index in [0.717, 1.165) is 0 Å². The lowest BCUT2D eigenvalue weighted by molar-refractivity contribution is 0.249. The first-order valence-electron chi connectivity index (χ1n) is 24.0. The quantitative estimate of drug-likeness (QED) is 0.106. The second-order valence-electron chi connectivity index (χ2n) is 25.1. The van der Waals surface area contributed by atoms with E-state index in [4.69, 9.17) is 16.0 Å². The lowest BCUT2D eigenvalue weighted by Gasteiger charge is -2.43. The van der Waals surface area contributed by atoms with Gasteiger partial charge < -0.3 is 0 Å². The molecule has 25 aromatic carbocycles. The van der Waals surface area contributed by atoms with Gasteiger partial charge in [0.1, 0.15) is 0 Å². The number of nitrogens with one attached hydrogen (secondary N) is 3.